The second-order valence-electron chi connectivity index (χ2n) is 6.39. The smallest absolute Gasteiger partial charge is 0.241 e. The second-order valence-corrected chi connectivity index (χ2v) is 8.07. The lowest BCUT2D eigenvalue weighted by molar-refractivity contribution is 0.354. The number of hydrogen-bond acceptors (Lipinski definition) is 5. The highest BCUT2D eigenvalue weighted by Gasteiger charge is 2.48. The Morgan fingerprint density at radius 2 is 1.50 bits per heavy atom. The first kappa shape index (κ1) is 18.5. The molecular formula is C19H23NO5S. The van der Waals surface area contributed by atoms with E-state index in [1.165, 1.54) is 0 Å². The van der Waals surface area contributed by atoms with Crippen LogP contribution in [-0.2, 0) is 15.6 Å². The lowest BCUT2D eigenvalue weighted by Crippen LogP contribution is -2.34. The SMILES string of the molecule is COc1ccc(S(=O)(=O)NC2(c3ccc(OC)c(OC)c3)CC2)cc1C. The molecule has 1 aliphatic rings. The second kappa shape index (κ2) is 6.81. The Balaban J connectivity index is 1.91. The van der Waals surface area contributed by atoms with E-state index < -0.39 is 15.6 Å². The molecule has 26 heavy (non-hydrogen) atoms. The predicted molar refractivity (Wildman–Crippen MR) is 98.5 cm³/mol. The summed E-state index contributed by atoms with van der Waals surface area (Å²) >= 11 is 0. The molecule has 2 aromatic carbocycles. The summed E-state index contributed by atoms with van der Waals surface area (Å²) in [6.45, 7) is 1.82. The van der Waals surface area contributed by atoms with Crippen molar-refractivity contribution in [2.75, 3.05) is 21.3 Å². The molecule has 0 spiro atoms. The number of benzene rings is 2. The molecule has 0 aliphatic heterocycles. The van der Waals surface area contributed by atoms with E-state index in [0.717, 1.165) is 24.0 Å². The molecule has 0 unspecified atom stereocenters. The zero-order chi connectivity index (χ0) is 18.9. The Morgan fingerprint density at radius 3 is 2.04 bits per heavy atom. The van der Waals surface area contributed by atoms with Crippen molar-refractivity contribution in [3.8, 4) is 17.2 Å². The van der Waals surface area contributed by atoms with Gasteiger partial charge in [0, 0.05) is 0 Å². The summed E-state index contributed by atoms with van der Waals surface area (Å²) < 4.78 is 44.4. The van der Waals surface area contributed by atoms with Crippen LogP contribution in [0.5, 0.6) is 17.2 Å². The van der Waals surface area contributed by atoms with Gasteiger partial charge < -0.3 is 14.2 Å². The number of hydrogen-bond donors (Lipinski definition) is 1. The molecule has 140 valence electrons. The number of aryl methyl sites for hydroxylation is 1. The first-order chi connectivity index (χ1) is 12.3. The molecule has 1 saturated carbocycles. The van der Waals surface area contributed by atoms with Crippen molar-refractivity contribution in [2.24, 2.45) is 0 Å². The van der Waals surface area contributed by atoms with Crippen LogP contribution in [-0.4, -0.2) is 29.7 Å². The quantitative estimate of drug-likeness (QED) is 0.803. The van der Waals surface area contributed by atoms with E-state index in [9.17, 15) is 8.42 Å². The van der Waals surface area contributed by atoms with E-state index in [-0.39, 0.29) is 4.90 Å². The molecule has 3 rings (SSSR count). The van der Waals surface area contributed by atoms with Crippen LogP contribution in [0.15, 0.2) is 41.3 Å². The van der Waals surface area contributed by atoms with Gasteiger partial charge in [0.2, 0.25) is 10.0 Å². The van der Waals surface area contributed by atoms with E-state index in [4.69, 9.17) is 14.2 Å². The Hall–Kier alpha value is -2.25. The predicted octanol–water partition coefficient (Wildman–Crippen LogP) is 2.99. The van der Waals surface area contributed by atoms with E-state index in [1.807, 2.05) is 19.1 Å². The van der Waals surface area contributed by atoms with Crippen molar-refractivity contribution >= 4 is 10.0 Å². The molecule has 0 atom stereocenters. The van der Waals surface area contributed by atoms with Gasteiger partial charge in [-0.2, -0.15) is 0 Å². The lowest BCUT2D eigenvalue weighted by atomic mass is 10.1. The maximum absolute atomic E-state index is 12.9. The van der Waals surface area contributed by atoms with Crippen LogP contribution >= 0.6 is 0 Å². The maximum Gasteiger partial charge on any atom is 0.241 e. The van der Waals surface area contributed by atoms with Crippen molar-refractivity contribution in [2.45, 2.75) is 30.2 Å². The van der Waals surface area contributed by atoms with Crippen molar-refractivity contribution in [3.63, 3.8) is 0 Å². The molecule has 0 radical (unpaired) electrons. The number of methoxy groups -OCH3 is 3. The topological polar surface area (TPSA) is 73.9 Å². The third-order valence-electron chi connectivity index (χ3n) is 4.69. The monoisotopic (exact) mass is 377 g/mol. The van der Waals surface area contributed by atoms with Crippen molar-refractivity contribution in [1.82, 2.24) is 4.72 Å². The zero-order valence-electron chi connectivity index (χ0n) is 15.3. The standard InChI is InChI=1S/C19H23NO5S/c1-13-11-15(6-8-16(13)23-2)26(21,22)20-19(9-10-19)14-5-7-17(24-3)18(12-14)25-4/h5-8,11-12,20H,9-10H2,1-4H3. The average Bonchev–Trinajstić information content (AvgIpc) is 3.40. The first-order valence-corrected chi connectivity index (χ1v) is 9.75. The summed E-state index contributed by atoms with van der Waals surface area (Å²) in [7, 11) is 1.03. The van der Waals surface area contributed by atoms with Gasteiger partial charge in [0.1, 0.15) is 5.75 Å². The first-order valence-electron chi connectivity index (χ1n) is 8.26. The normalized spacial score (nSPS) is 15.4. The Kier molecular flexibility index (Phi) is 4.86. The summed E-state index contributed by atoms with van der Waals surface area (Å²) in [6, 6.07) is 10.3. The van der Waals surface area contributed by atoms with Crippen LogP contribution in [0.4, 0.5) is 0 Å². The van der Waals surface area contributed by atoms with Crippen LogP contribution in [0.3, 0.4) is 0 Å². The molecule has 1 N–H and O–H groups in total. The molecule has 7 heteroatoms. The van der Waals surface area contributed by atoms with Gasteiger partial charge in [0.15, 0.2) is 11.5 Å². The number of ether oxygens (including phenoxy) is 3. The Bertz CT molecular complexity index is 920. The summed E-state index contributed by atoms with van der Waals surface area (Å²) in [6.07, 6.45) is 1.47. The van der Waals surface area contributed by atoms with Crippen LogP contribution in [0, 0.1) is 6.92 Å². The molecule has 2 aromatic rings. The van der Waals surface area contributed by atoms with E-state index >= 15 is 0 Å². The van der Waals surface area contributed by atoms with Gasteiger partial charge >= 0.3 is 0 Å². The molecule has 1 fully saturated rings. The maximum atomic E-state index is 12.9. The fraction of sp³-hybridized carbons (Fsp3) is 0.368. The molecule has 0 bridgehead atoms. The van der Waals surface area contributed by atoms with Gasteiger partial charge in [0.05, 0.1) is 31.8 Å². The largest absolute Gasteiger partial charge is 0.496 e. The van der Waals surface area contributed by atoms with Gasteiger partial charge in [0.25, 0.3) is 0 Å². The minimum Gasteiger partial charge on any atom is -0.496 e. The van der Waals surface area contributed by atoms with E-state index in [0.29, 0.717) is 17.2 Å². The van der Waals surface area contributed by atoms with Crippen LogP contribution in [0.1, 0.15) is 24.0 Å². The zero-order valence-corrected chi connectivity index (χ0v) is 16.1. The lowest BCUT2D eigenvalue weighted by Gasteiger charge is -2.20. The molecule has 0 amide bonds. The van der Waals surface area contributed by atoms with Crippen LogP contribution in [0.2, 0.25) is 0 Å². The molecule has 0 saturated heterocycles. The summed E-state index contributed by atoms with van der Waals surface area (Å²) in [5.41, 5.74) is 1.03. The Labute approximate surface area is 154 Å². The highest BCUT2D eigenvalue weighted by atomic mass is 32.2. The molecule has 0 heterocycles. The number of rotatable bonds is 7. The summed E-state index contributed by atoms with van der Waals surface area (Å²) in [4.78, 5) is 0.225. The Morgan fingerprint density at radius 1 is 0.885 bits per heavy atom. The average molecular weight is 377 g/mol. The van der Waals surface area contributed by atoms with Crippen LogP contribution < -0.4 is 18.9 Å². The van der Waals surface area contributed by atoms with Gasteiger partial charge in [-0.15, -0.1) is 0 Å². The minimum absolute atomic E-state index is 0.225. The van der Waals surface area contributed by atoms with Gasteiger partial charge in [-0.25, -0.2) is 13.1 Å². The molecule has 6 nitrogen and oxygen atoms in total. The van der Waals surface area contributed by atoms with Crippen molar-refractivity contribution < 1.29 is 22.6 Å². The van der Waals surface area contributed by atoms with E-state index in [1.54, 1.807) is 45.6 Å². The van der Waals surface area contributed by atoms with E-state index in [2.05, 4.69) is 4.72 Å². The molecule has 0 aromatic heterocycles. The molecule has 1 aliphatic carbocycles. The highest BCUT2D eigenvalue weighted by molar-refractivity contribution is 7.89. The van der Waals surface area contributed by atoms with Gasteiger partial charge in [-0.1, -0.05) is 6.07 Å². The summed E-state index contributed by atoms with van der Waals surface area (Å²) in [5, 5.41) is 0. The fourth-order valence-corrected chi connectivity index (χ4v) is 4.58. The summed E-state index contributed by atoms with van der Waals surface area (Å²) in [5.74, 6) is 1.85. The number of nitrogens with one attached hydrogen (secondary N) is 1. The van der Waals surface area contributed by atoms with Crippen molar-refractivity contribution in [1.29, 1.82) is 0 Å². The van der Waals surface area contributed by atoms with Crippen molar-refractivity contribution in [3.05, 3.63) is 47.5 Å². The molecular weight excluding hydrogens is 354 g/mol. The number of sulfonamides is 1. The van der Waals surface area contributed by atoms with Gasteiger partial charge in [-0.3, -0.25) is 0 Å². The van der Waals surface area contributed by atoms with Crippen LogP contribution in [0.25, 0.3) is 0 Å². The third kappa shape index (κ3) is 3.37. The fourth-order valence-electron chi connectivity index (χ4n) is 3.04. The van der Waals surface area contributed by atoms with Gasteiger partial charge in [-0.05, 0) is 61.2 Å². The highest BCUT2D eigenvalue weighted by Crippen LogP contribution is 2.48. The third-order valence-corrected chi connectivity index (χ3v) is 6.23. The minimum atomic E-state index is -3.66.